The number of carbonyl (C=O) groups is 2. The summed E-state index contributed by atoms with van der Waals surface area (Å²) in [4.78, 5) is 21.8. The molecule has 0 aliphatic rings. The maximum Gasteiger partial charge on any atom is 0.225 e. The molecule has 0 saturated carbocycles. The smallest absolute Gasteiger partial charge is 0.225 e. The van der Waals surface area contributed by atoms with Crippen molar-refractivity contribution in [2.75, 3.05) is 13.6 Å². The highest BCUT2D eigenvalue weighted by Gasteiger charge is 2.25. The van der Waals surface area contributed by atoms with Crippen molar-refractivity contribution in [3.63, 3.8) is 0 Å². The fraction of sp³-hybridized carbons (Fsp3) is 0.778. The monoisotopic (exact) mass is 186 g/mol. The van der Waals surface area contributed by atoms with Crippen molar-refractivity contribution >= 4 is 11.8 Å². The highest BCUT2D eigenvalue weighted by atomic mass is 16.2. The fourth-order valence-corrected chi connectivity index (χ4v) is 1.00. The van der Waals surface area contributed by atoms with Crippen LogP contribution in [-0.4, -0.2) is 25.4 Å². The molecule has 2 N–H and O–H groups in total. The summed E-state index contributed by atoms with van der Waals surface area (Å²) in [6.45, 7) is 5.71. The summed E-state index contributed by atoms with van der Waals surface area (Å²) in [5.74, 6) is -0.0643. The van der Waals surface area contributed by atoms with Crippen molar-refractivity contribution in [3.05, 3.63) is 0 Å². The lowest BCUT2D eigenvalue weighted by atomic mass is 9.88. The molecule has 0 bridgehead atoms. The molecule has 0 spiro atoms. The van der Waals surface area contributed by atoms with E-state index in [1.54, 1.807) is 7.05 Å². The predicted octanol–water partition coefficient (Wildman–Crippen LogP) is 0.285. The van der Waals surface area contributed by atoms with Crippen LogP contribution >= 0.6 is 0 Å². The van der Waals surface area contributed by atoms with Gasteiger partial charge in [0.05, 0.1) is 0 Å². The van der Waals surface area contributed by atoms with E-state index in [0.717, 1.165) is 0 Å². The topological polar surface area (TPSA) is 58.2 Å². The number of carbonyl (C=O) groups excluding carboxylic acids is 2. The van der Waals surface area contributed by atoms with Crippen molar-refractivity contribution < 1.29 is 9.59 Å². The third kappa shape index (κ3) is 4.50. The van der Waals surface area contributed by atoms with Crippen molar-refractivity contribution in [3.8, 4) is 0 Å². The molecule has 4 nitrogen and oxygen atoms in total. The van der Waals surface area contributed by atoms with Crippen LogP contribution in [0.4, 0.5) is 0 Å². The van der Waals surface area contributed by atoms with Gasteiger partial charge in [0.2, 0.25) is 11.8 Å². The van der Waals surface area contributed by atoms with Gasteiger partial charge in [-0.05, 0) is 6.42 Å². The Morgan fingerprint density at radius 3 is 2.23 bits per heavy atom. The molecule has 2 amide bonds. The first-order valence-electron chi connectivity index (χ1n) is 4.37. The van der Waals surface area contributed by atoms with Crippen LogP contribution in [0.3, 0.4) is 0 Å². The van der Waals surface area contributed by atoms with Crippen LogP contribution in [0.5, 0.6) is 0 Å². The maximum atomic E-state index is 11.3. The van der Waals surface area contributed by atoms with Crippen LogP contribution in [0.25, 0.3) is 0 Å². The van der Waals surface area contributed by atoms with Gasteiger partial charge in [-0.1, -0.05) is 13.8 Å². The Hall–Kier alpha value is -1.06. The Morgan fingerprint density at radius 1 is 1.31 bits per heavy atom. The molecule has 0 aromatic carbocycles. The summed E-state index contributed by atoms with van der Waals surface area (Å²) in [5, 5.41) is 5.25. The minimum Gasteiger partial charge on any atom is -0.359 e. The van der Waals surface area contributed by atoms with E-state index in [4.69, 9.17) is 0 Å². The molecule has 0 atom stereocenters. The molecular weight excluding hydrogens is 168 g/mol. The highest BCUT2D eigenvalue weighted by molar-refractivity contribution is 5.81. The van der Waals surface area contributed by atoms with Crippen LogP contribution in [0.2, 0.25) is 0 Å². The number of hydrogen-bond acceptors (Lipinski definition) is 2. The summed E-state index contributed by atoms with van der Waals surface area (Å²) >= 11 is 0. The van der Waals surface area contributed by atoms with E-state index in [0.29, 0.717) is 13.0 Å². The Morgan fingerprint density at radius 2 is 1.85 bits per heavy atom. The molecule has 0 radical (unpaired) electrons. The van der Waals surface area contributed by atoms with Gasteiger partial charge in [-0.3, -0.25) is 9.59 Å². The molecule has 0 aromatic rings. The van der Waals surface area contributed by atoms with Crippen molar-refractivity contribution in [2.45, 2.75) is 27.2 Å². The van der Waals surface area contributed by atoms with Gasteiger partial charge in [0, 0.05) is 25.9 Å². The third-order valence-electron chi connectivity index (χ3n) is 1.97. The second-order valence-electron chi connectivity index (χ2n) is 3.70. The average Bonchev–Trinajstić information content (AvgIpc) is 2.01. The van der Waals surface area contributed by atoms with E-state index in [9.17, 15) is 9.59 Å². The normalized spacial score (nSPS) is 10.8. The molecule has 0 saturated heterocycles. The Labute approximate surface area is 79.1 Å². The minimum atomic E-state index is -0.419. The zero-order chi connectivity index (χ0) is 10.5. The van der Waals surface area contributed by atoms with Crippen LogP contribution in [-0.2, 0) is 9.59 Å². The lowest BCUT2D eigenvalue weighted by Gasteiger charge is -2.22. The Balaban J connectivity index is 3.89. The first-order chi connectivity index (χ1) is 5.90. The summed E-state index contributed by atoms with van der Waals surface area (Å²) in [7, 11) is 1.61. The molecule has 13 heavy (non-hydrogen) atoms. The van der Waals surface area contributed by atoms with Gasteiger partial charge in [-0.15, -0.1) is 0 Å². The van der Waals surface area contributed by atoms with Gasteiger partial charge < -0.3 is 10.6 Å². The van der Waals surface area contributed by atoms with Crippen LogP contribution in [0, 0.1) is 5.41 Å². The Bertz CT molecular complexity index is 200. The number of nitrogens with one attached hydrogen (secondary N) is 2. The lowest BCUT2D eigenvalue weighted by Crippen LogP contribution is -2.37. The number of rotatable bonds is 4. The average molecular weight is 186 g/mol. The highest BCUT2D eigenvalue weighted by Crippen LogP contribution is 2.19. The van der Waals surface area contributed by atoms with E-state index < -0.39 is 5.41 Å². The first kappa shape index (κ1) is 11.9. The molecule has 0 heterocycles. The van der Waals surface area contributed by atoms with E-state index in [-0.39, 0.29) is 11.8 Å². The minimum absolute atomic E-state index is 0.00199. The first-order valence-corrected chi connectivity index (χ1v) is 4.37. The van der Waals surface area contributed by atoms with Crippen molar-refractivity contribution in [1.29, 1.82) is 0 Å². The zero-order valence-corrected chi connectivity index (χ0v) is 8.73. The molecule has 76 valence electrons. The second kappa shape index (κ2) is 4.84. The van der Waals surface area contributed by atoms with E-state index >= 15 is 0 Å². The lowest BCUT2D eigenvalue weighted by molar-refractivity contribution is -0.129. The summed E-state index contributed by atoms with van der Waals surface area (Å²) < 4.78 is 0. The molecular formula is C9H18N2O2. The van der Waals surface area contributed by atoms with Crippen LogP contribution in [0.1, 0.15) is 27.2 Å². The zero-order valence-electron chi connectivity index (χ0n) is 8.73. The van der Waals surface area contributed by atoms with E-state index in [1.807, 2.05) is 13.8 Å². The number of hydrogen-bond donors (Lipinski definition) is 2. The molecule has 0 unspecified atom stereocenters. The van der Waals surface area contributed by atoms with Gasteiger partial charge in [0.1, 0.15) is 0 Å². The number of amides is 2. The molecule has 0 aromatic heterocycles. The second-order valence-corrected chi connectivity index (χ2v) is 3.70. The van der Waals surface area contributed by atoms with Gasteiger partial charge in [0.25, 0.3) is 0 Å². The molecule has 4 heteroatoms. The van der Waals surface area contributed by atoms with Crippen molar-refractivity contribution in [2.24, 2.45) is 5.41 Å². The molecule has 0 rings (SSSR count). The van der Waals surface area contributed by atoms with Crippen molar-refractivity contribution in [1.82, 2.24) is 10.6 Å². The van der Waals surface area contributed by atoms with E-state index in [1.165, 1.54) is 6.92 Å². The maximum absolute atomic E-state index is 11.3. The molecule has 0 aliphatic carbocycles. The molecule has 0 aliphatic heterocycles. The standard InChI is InChI=1S/C9H18N2O2/c1-7(12)11-6-5-9(2,3)8(13)10-4/h5-6H2,1-4H3,(H,10,13)(H,11,12). The SMILES string of the molecule is CNC(=O)C(C)(C)CCNC(C)=O. The molecule has 0 fully saturated rings. The summed E-state index contributed by atoms with van der Waals surface area (Å²) in [6.07, 6.45) is 0.645. The van der Waals surface area contributed by atoms with Gasteiger partial charge >= 0.3 is 0 Å². The Kier molecular flexibility index (Phi) is 4.45. The summed E-state index contributed by atoms with van der Waals surface area (Å²) in [6, 6.07) is 0. The predicted molar refractivity (Wildman–Crippen MR) is 51.1 cm³/mol. The van der Waals surface area contributed by atoms with Gasteiger partial charge in [-0.2, -0.15) is 0 Å². The van der Waals surface area contributed by atoms with Gasteiger partial charge in [-0.25, -0.2) is 0 Å². The summed E-state index contributed by atoms with van der Waals surface area (Å²) in [5.41, 5.74) is -0.419. The quantitative estimate of drug-likeness (QED) is 0.662. The largest absolute Gasteiger partial charge is 0.359 e. The van der Waals surface area contributed by atoms with E-state index in [2.05, 4.69) is 10.6 Å². The fourth-order valence-electron chi connectivity index (χ4n) is 1.00. The van der Waals surface area contributed by atoms with Crippen LogP contribution in [0.15, 0.2) is 0 Å². The third-order valence-corrected chi connectivity index (χ3v) is 1.97. The van der Waals surface area contributed by atoms with Gasteiger partial charge in [0.15, 0.2) is 0 Å². The van der Waals surface area contributed by atoms with Crippen LogP contribution < -0.4 is 10.6 Å².